The van der Waals surface area contributed by atoms with E-state index in [2.05, 4.69) is 18.1 Å². The second kappa shape index (κ2) is 10.9. The predicted molar refractivity (Wildman–Crippen MR) is 145 cm³/mol. The molecule has 216 valence electrons. The number of nitrogens with one attached hydrogen (secondary N) is 1. The van der Waals surface area contributed by atoms with Gasteiger partial charge in [-0.15, -0.1) is 0 Å². The number of para-hydroxylation sites is 1. The Morgan fingerprint density at radius 2 is 1.26 bits per heavy atom. The Bertz CT molecular complexity index is 1850. The van der Waals surface area contributed by atoms with Crippen LogP contribution in [-0.2, 0) is 0 Å². The number of hydrogen-bond donors (Lipinski definition) is 1. The van der Waals surface area contributed by atoms with Crippen LogP contribution in [0.2, 0.25) is 0 Å². The van der Waals surface area contributed by atoms with Crippen molar-refractivity contribution in [3.63, 3.8) is 0 Å². The minimum absolute atomic E-state index is 0.101. The zero-order valence-corrected chi connectivity index (χ0v) is 21.2. The predicted octanol–water partition coefficient (Wildman–Crippen LogP) is 8.77. The van der Waals surface area contributed by atoms with Crippen LogP contribution in [0.4, 0.5) is 37.7 Å². The normalized spacial score (nSPS) is 11.7. The van der Waals surface area contributed by atoms with Crippen LogP contribution < -0.4 is 0 Å². The highest BCUT2D eigenvalue weighted by Crippen LogP contribution is 2.39. The van der Waals surface area contributed by atoms with Crippen molar-refractivity contribution in [1.82, 2.24) is 9.55 Å². The number of rotatable bonds is 5. The van der Waals surface area contributed by atoms with E-state index in [-0.39, 0.29) is 38.8 Å². The summed E-state index contributed by atoms with van der Waals surface area (Å²) in [5, 5.41) is 22.0. The minimum Gasteiger partial charge on any atom is -0.360 e. The van der Waals surface area contributed by atoms with Crippen molar-refractivity contribution in [3.8, 4) is 5.69 Å². The molecule has 0 aliphatic heterocycles. The van der Waals surface area contributed by atoms with Gasteiger partial charge in [-0.25, -0.2) is 0 Å². The Hall–Kier alpha value is -5.40. The molecule has 0 atom stereocenters. The molecule has 3 aromatic carbocycles. The van der Waals surface area contributed by atoms with Crippen molar-refractivity contribution >= 4 is 44.3 Å². The molecule has 5 rings (SSSR count). The lowest BCUT2D eigenvalue weighted by Crippen LogP contribution is -2.09. The van der Waals surface area contributed by atoms with Crippen molar-refractivity contribution in [1.29, 1.82) is 0 Å². The molecule has 0 fully saturated rings. The largest absolute Gasteiger partial charge is 0.416 e. The third kappa shape index (κ3) is 5.87. The third-order valence-electron chi connectivity index (χ3n) is 6.25. The van der Waals surface area contributed by atoms with Crippen LogP contribution in [0.15, 0.2) is 92.3 Å². The van der Waals surface area contributed by atoms with Crippen LogP contribution in [0.25, 0.3) is 38.6 Å². The van der Waals surface area contributed by atoms with Crippen LogP contribution in [0.1, 0.15) is 11.1 Å². The fraction of sp³-hybridized carbons (Fsp3) is 0.0714. The Balaban J connectivity index is 0.000000201. The lowest BCUT2D eigenvalue weighted by atomic mass is 10.1. The van der Waals surface area contributed by atoms with E-state index in [1.165, 1.54) is 41.1 Å². The molecule has 5 aromatic rings. The van der Waals surface area contributed by atoms with Crippen LogP contribution in [0, 0.1) is 20.2 Å². The number of nitro benzene ring substituents is 2. The average Bonchev–Trinajstić information content (AvgIpc) is 3.53. The third-order valence-corrected chi connectivity index (χ3v) is 6.25. The summed E-state index contributed by atoms with van der Waals surface area (Å²) in [6.07, 6.45) is -6.67. The summed E-state index contributed by atoms with van der Waals surface area (Å²) in [5.74, 6) is 0. The van der Waals surface area contributed by atoms with Gasteiger partial charge in [0.25, 0.3) is 11.4 Å². The highest BCUT2D eigenvalue weighted by Gasteiger charge is 2.35. The maximum Gasteiger partial charge on any atom is 0.416 e. The number of non-ortho nitro benzene ring substituents is 2. The van der Waals surface area contributed by atoms with E-state index in [0.29, 0.717) is 11.2 Å². The van der Waals surface area contributed by atoms with E-state index in [9.17, 15) is 46.6 Å². The zero-order chi connectivity index (χ0) is 31.0. The molecule has 0 radical (unpaired) electrons. The summed E-state index contributed by atoms with van der Waals surface area (Å²) < 4.78 is 78.3. The number of hydrogen-bond acceptors (Lipinski definition) is 4. The fourth-order valence-electron chi connectivity index (χ4n) is 4.15. The molecule has 0 unspecified atom stereocenters. The number of alkyl halides is 6. The van der Waals surface area contributed by atoms with E-state index in [1.807, 2.05) is 0 Å². The summed E-state index contributed by atoms with van der Waals surface area (Å²) in [6.45, 7) is 6.14. The number of benzene rings is 3. The van der Waals surface area contributed by atoms with E-state index < -0.39 is 33.3 Å². The first-order valence-corrected chi connectivity index (χ1v) is 11.7. The number of allylic oxidation sites excluding steroid dienone is 2. The molecule has 1 N–H and O–H groups in total. The second-order valence-electron chi connectivity index (χ2n) is 8.85. The molecule has 0 aliphatic rings. The van der Waals surface area contributed by atoms with Gasteiger partial charge in [0, 0.05) is 64.2 Å². The Labute approximate surface area is 232 Å². The van der Waals surface area contributed by atoms with Crippen LogP contribution in [0.3, 0.4) is 0 Å². The maximum atomic E-state index is 13.1. The van der Waals surface area contributed by atoms with Gasteiger partial charge in [0.05, 0.1) is 32.0 Å². The van der Waals surface area contributed by atoms with Gasteiger partial charge in [0.2, 0.25) is 0 Å². The smallest absolute Gasteiger partial charge is 0.360 e. The molecular weight excluding hydrogens is 570 g/mol. The monoisotopic (exact) mass is 588 g/mol. The topological polar surface area (TPSA) is 107 Å². The van der Waals surface area contributed by atoms with Crippen molar-refractivity contribution < 1.29 is 36.2 Å². The van der Waals surface area contributed by atoms with Gasteiger partial charge in [-0.1, -0.05) is 31.4 Å². The van der Waals surface area contributed by atoms with Crippen LogP contribution in [-0.4, -0.2) is 31.8 Å². The maximum absolute atomic E-state index is 13.1. The molecule has 14 heteroatoms. The fourth-order valence-corrected chi connectivity index (χ4v) is 4.15. The molecule has 2 aromatic heterocycles. The van der Waals surface area contributed by atoms with E-state index in [1.54, 1.807) is 30.3 Å². The lowest BCUT2D eigenvalue weighted by molar-refractivity contribution is -0.384. The number of H-pyrrole nitrogens is 1. The van der Waals surface area contributed by atoms with Crippen LogP contribution >= 0.6 is 0 Å². The first kappa shape index (κ1) is 29.6. The highest BCUT2D eigenvalue weighted by molar-refractivity contribution is 5.96. The van der Waals surface area contributed by atoms with Crippen molar-refractivity contribution in [3.05, 3.63) is 124 Å². The number of aromatic nitrogens is 2. The zero-order valence-electron chi connectivity index (χ0n) is 21.2. The summed E-state index contributed by atoms with van der Waals surface area (Å²) in [6, 6.07) is 16.0. The van der Waals surface area contributed by atoms with E-state index in [4.69, 9.17) is 0 Å². The molecule has 0 aliphatic carbocycles. The number of fused-ring (bicyclic) bond motifs is 2. The number of nitro groups is 2. The summed E-state index contributed by atoms with van der Waals surface area (Å²) in [4.78, 5) is 22.9. The van der Waals surface area contributed by atoms with Crippen molar-refractivity contribution in [2.24, 2.45) is 0 Å². The summed E-state index contributed by atoms with van der Waals surface area (Å²) in [5.41, 5.74) is -1.37. The number of aromatic amines is 1. The molecule has 42 heavy (non-hydrogen) atoms. The van der Waals surface area contributed by atoms with E-state index in [0.717, 1.165) is 12.3 Å². The van der Waals surface area contributed by atoms with Gasteiger partial charge in [-0.3, -0.25) is 20.2 Å². The molecule has 2 heterocycles. The van der Waals surface area contributed by atoms with Crippen molar-refractivity contribution in [2.75, 3.05) is 0 Å². The molecule has 0 spiro atoms. The van der Waals surface area contributed by atoms with Gasteiger partial charge < -0.3 is 9.55 Å². The lowest BCUT2D eigenvalue weighted by Gasteiger charge is -2.08. The Kier molecular flexibility index (Phi) is 7.66. The second-order valence-corrected chi connectivity index (χ2v) is 8.85. The summed E-state index contributed by atoms with van der Waals surface area (Å²) >= 11 is 0. The van der Waals surface area contributed by atoms with Crippen LogP contribution in [0.5, 0.6) is 0 Å². The molecular formula is C28H18F6N4O4. The Morgan fingerprint density at radius 3 is 1.81 bits per heavy atom. The Morgan fingerprint density at radius 1 is 0.738 bits per heavy atom. The first-order chi connectivity index (χ1) is 19.6. The van der Waals surface area contributed by atoms with Gasteiger partial charge in [-0.2, -0.15) is 26.3 Å². The average molecular weight is 588 g/mol. The highest BCUT2D eigenvalue weighted by atomic mass is 19.4. The molecule has 0 amide bonds. The molecule has 0 bridgehead atoms. The van der Waals surface area contributed by atoms with Gasteiger partial charge in [-0.05, 0) is 24.3 Å². The van der Waals surface area contributed by atoms with Gasteiger partial charge >= 0.3 is 12.4 Å². The first-order valence-electron chi connectivity index (χ1n) is 11.7. The standard InChI is InChI=1S/C17H11F3N2O2.C11H7F3N2O2/c1-11(17(18,19)20)15-10-21(12-5-3-2-4-6-12)16-9-13(22(23)24)7-8-14(15)16;1-6(11(12,13)14)9-5-15-10-4-7(16(17)18)2-3-8(9)10/h2-10H,1H2;2-5,15H,1H2. The quantitative estimate of drug-likeness (QED) is 0.126. The molecule has 0 saturated heterocycles. The minimum atomic E-state index is -4.59. The van der Waals surface area contributed by atoms with E-state index >= 15 is 0 Å². The van der Waals surface area contributed by atoms with Gasteiger partial charge in [0.1, 0.15) is 0 Å². The van der Waals surface area contributed by atoms with Gasteiger partial charge in [0.15, 0.2) is 0 Å². The number of halogens is 6. The van der Waals surface area contributed by atoms with Crippen molar-refractivity contribution in [2.45, 2.75) is 12.4 Å². The summed E-state index contributed by atoms with van der Waals surface area (Å²) in [7, 11) is 0. The molecule has 8 nitrogen and oxygen atoms in total. The number of nitrogens with zero attached hydrogens (tertiary/aromatic N) is 3. The SMILES string of the molecule is C=C(c1c[nH]c2cc([N+](=O)[O-])ccc12)C(F)(F)F.C=C(c1cn(-c2ccccc2)c2cc([N+](=O)[O-])ccc12)C(F)(F)F. The molecule has 0 saturated carbocycles.